The van der Waals surface area contributed by atoms with Gasteiger partial charge in [0.25, 0.3) is 0 Å². The lowest BCUT2D eigenvalue weighted by atomic mass is 9.98. The maximum atomic E-state index is 12.4. The Bertz CT molecular complexity index is 841. The predicted molar refractivity (Wildman–Crippen MR) is 110 cm³/mol. The number of aliphatic carboxylic acids is 1. The topological polar surface area (TPSA) is 84.9 Å². The fourth-order valence-electron chi connectivity index (χ4n) is 3.52. The van der Waals surface area contributed by atoms with Crippen LogP contribution in [-0.4, -0.2) is 42.0 Å². The maximum Gasteiger partial charge on any atom is 0.407 e. The lowest BCUT2D eigenvalue weighted by Gasteiger charge is -2.24. The smallest absolute Gasteiger partial charge is 0.407 e. The summed E-state index contributed by atoms with van der Waals surface area (Å²) in [6.45, 7) is 5.90. The summed E-state index contributed by atoms with van der Waals surface area (Å²) >= 11 is 0. The normalized spacial score (nSPS) is 14.0. The van der Waals surface area contributed by atoms with Crippen LogP contribution in [0.25, 0.3) is 11.1 Å². The molecule has 6 heteroatoms. The molecule has 154 valence electrons. The molecule has 0 fully saturated rings. The molecule has 1 amide bonds. The summed E-state index contributed by atoms with van der Waals surface area (Å²) in [6.07, 6.45) is -0.879. The van der Waals surface area contributed by atoms with E-state index in [9.17, 15) is 9.59 Å². The third kappa shape index (κ3) is 5.35. The van der Waals surface area contributed by atoms with Crippen LogP contribution in [0.3, 0.4) is 0 Å². The number of fused-ring (bicyclic) bond motifs is 3. The minimum Gasteiger partial charge on any atom is -0.481 e. The zero-order valence-electron chi connectivity index (χ0n) is 17.0. The summed E-state index contributed by atoms with van der Waals surface area (Å²) in [5.41, 5.74) is 4.12. The van der Waals surface area contributed by atoms with Crippen molar-refractivity contribution in [2.24, 2.45) is 0 Å². The van der Waals surface area contributed by atoms with Crippen molar-refractivity contribution in [3.8, 4) is 11.1 Å². The van der Waals surface area contributed by atoms with E-state index < -0.39 is 23.7 Å². The van der Waals surface area contributed by atoms with Gasteiger partial charge in [0.2, 0.25) is 0 Å². The molecule has 0 saturated carbocycles. The summed E-state index contributed by atoms with van der Waals surface area (Å²) in [4.78, 5) is 23.5. The van der Waals surface area contributed by atoms with Gasteiger partial charge in [-0.2, -0.15) is 0 Å². The molecule has 0 bridgehead atoms. The van der Waals surface area contributed by atoms with E-state index in [1.165, 1.54) is 0 Å². The zero-order valence-corrected chi connectivity index (χ0v) is 17.0. The Hall–Kier alpha value is -2.86. The second kappa shape index (κ2) is 8.66. The van der Waals surface area contributed by atoms with Crippen LogP contribution >= 0.6 is 0 Å². The van der Waals surface area contributed by atoms with E-state index in [-0.39, 0.29) is 25.6 Å². The Morgan fingerprint density at radius 2 is 1.59 bits per heavy atom. The lowest BCUT2D eigenvalue weighted by Crippen LogP contribution is -2.42. The highest BCUT2D eigenvalue weighted by Crippen LogP contribution is 2.44. The molecule has 0 aliphatic heterocycles. The van der Waals surface area contributed by atoms with Gasteiger partial charge in [0.05, 0.1) is 24.7 Å². The predicted octanol–water partition coefficient (Wildman–Crippen LogP) is 4.18. The van der Waals surface area contributed by atoms with E-state index in [1.54, 1.807) is 0 Å². The second-order valence-electron chi connectivity index (χ2n) is 8.19. The van der Waals surface area contributed by atoms with Gasteiger partial charge < -0.3 is 19.9 Å². The SMILES string of the molecule is CC(C)(C)OC[C@H](CC(=O)O)NC(=O)OCC1c2ccccc2-c2ccccc21. The van der Waals surface area contributed by atoms with E-state index in [4.69, 9.17) is 14.6 Å². The fourth-order valence-corrected chi connectivity index (χ4v) is 3.52. The van der Waals surface area contributed by atoms with Crippen molar-refractivity contribution in [3.05, 3.63) is 59.7 Å². The molecule has 6 nitrogen and oxygen atoms in total. The van der Waals surface area contributed by atoms with Gasteiger partial charge in [0, 0.05) is 5.92 Å². The van der Waals surface area contributed by atoms with E-state index in [1.807, 2.05) is 57.2 Å². The molecule has 29 heavy (non-hydrogen) atoms. The van der Waals surface area contributed by atoms with Gasteiger partial charge in [-0.15, -0.1) is 0 Å². The van der Waals surface area contributed by atoms with Crippen molar-refractivity contribution >= 4 is 12.1 Å². The van der Waals surface area contributed by atoms with Gasteiger partial charge in [-0.3, -0.25) is 4.79 Å². The molecule has 0 saturated heterocycles. The molecule has 3 rings (SSSR count). The standard InChI is InChI=1S/C23H27NO5/c1-23(2,3)29-13-15(12-21(25)26)24-22(27)28-14-20-18-10-6-4-8-16(18)17-9-5-7-11-19(17)20/h4-11,15,20H,12-14H2,1-3H3,(H,24,27)(H,25,26)/t15-/m0/s1. The Labute approximate surface area is 170 Å². The monoisotopic (exact) mass is 397 g/mol. The largest absolute Gasteiger partial charge is 0.481 e. The average molecular weight is 397 g/mol. The molecule has 1 aliphatic rings. The highest BCUT2D eigenvalue weighted by Gasteiger charge is 2.29. The summed E-state index contributed by atoms with van der Waals surface area (Å²) < 4.78 is 11.1. The number of carboxylic acids is 1. The molecule has 2 N–H and O–H groups in total. The number of hydrogen-bond donors (Lipinski definition) is 2. The zero-order chi connectivity index (χ0) is 21.0. The molecule has 0 aromatic heterocycles. The van der Waals surface area contributed by atoms with Crippen LogP contribution in [0, 0.1) is 0 Å². The van der Waals surface area contributed by atoms with E-state index in [0.717, 1.165) is 22.3 Å². The van der Waals surface area contributed by atoms with Gasteiger partial charge in [-0.05, 0) is 43.0 Å². The first kappa shape index (κ1) is 20.9. The van der Waals surface area contributed by atoms with E-state index >= 15 is 0 Å². The first-order valence-corrected chi connectivity index (χ1v) is 9.72. The first-order chi connectivity index (χ1) is 13.7. The molecule has 0 spiro atoms. The van der Waals surface area contributed by atoms with Gasteiger partial charge in [-0.25, -0.2) is 4.79 Å². The number of rotatable bonds is 7. The van der Waals surface area contributed by atoms with Crippen molar-refractivity contribution in [2.75, 3.05) is 13.2 Å². The van der Waals surface area contributed by atoms with Crippen LogP contribution in [-0.2, 0) is 14.3 Å². The van der Waals surface area contributed by atoms with Gasteiger partial charge >= 0.3 is 12.1 Å². The van der Waals surface area contributed by atoms with Crippen molar-refractivity contribution < 1.29 is 24.2 Å². The number of carbonyl (C=O) groups is 2. The summed E-state index contributed by atoms with van der Waals surface area (Å²) in [5.74, 6) is -1.05. The van der Waals surface area contributed by atoms with Crippen LogP contribution in [0.5, 0.6) is 0 Å². The first-order valence-electron chi connectivity index (χ1n) is 9.72. The fraction of sp³-hybridized carbons (Fsp3) is 0.391. The number of hydrogen-bond acceptors (Lipinski definition) is 4. The highest BCUT2D eigenvalue weighted by molar-refractivity contribution is 5.79. The molecule has 0 radical (unpaired) electrons. The Morgan fingerprint density at radius 1 is 1.03 bits per heavy atom. The quantitative estimate of drug-likeness (QED) is 0.732. The average Bonchev–Trinajstić information content (AvgIpc) is 2.97. The lowest BCUT2D eigenvalue weighted by molar-refractivity contribution is -0.138. The number of carboxylic acid groups (broad SMARTS) is 1. The molecule has 1 atom stereocenters. The molecular weight excluding hydrogens is 370 g/mol. The summed E-state index contributed by atoms with van der Waals surface area (Å²) in [5, 5.41) is 11.7. The third-order valence-electron chi connectivity index (χ3n) is 4.80. The Morgan fingerprint density at radius 3 is 2.10 bits per heavy atom. The second-order valence-corrected chi connectivity index (χ2v) is 8.19. The number of amides is 1. The van der Waals surface area contributed by atoms with Crippen molar-refractivity contribution in [1.29, 1.82) is 0 Å². The van der Waals surface area contributed by atoms with Crippen LogP contribution in [0.1, 0.15) is 44.2 Å². The Kier molecular flexibility index (Phi) is 6.23. The van der Waals surface area contributed by atoms with Crippen molar-refractivity contribution in [3.63, 3.8) is 0 Å². The van der Waals surface area contributed by atoms with Crippen LogP contribution in [0.4, 0.5) is 4.79 Å². The van der Waals surface area contributed by atoms with Crippen LogP contribution in [0.15, 0.2) is 48.5 Å². The molecule has 1 aliphatic carbocycles. The van der Waals surface area contributed by atoms with E-state index in [0.29, 0.717) is 0 Å². The number of nitrogens with one attached hydrogen (secondary N) is 1. The van der Waals surface area contributed by atoms with Gasteiger partial charge in [-0.1, -0.05) is 48.5 Å². The van der Waals surface area contributed by atoms with Crippen molar-refractivity contribution in [1.82, 2.24) is 5.32 Å². The third-order valence-corrected chi connectivity index (χ3v) is 4.80. The van der Waals surface area contributed by atoms with E-state index in [2.05, 4.69) is 17.4 Å². The number of alkyl carbamates (subject to hydrolysis) is 1. The summed E-state index contributed by atoms with van der Waals surface area (Å²) in [6, 6.07) is 15.5. The molecule has 2 aromatic rings. The minimum atomic E-state index is -1.01. The van der Waals surface area contributed by atoms with Gasteiger partial charge in [0.1, 0.15) is 6.61 Å². The molecule has 2 aromatic carbocycles. The molecule has 0 heterocycles. The Balaban J connectivity index is 1.64. The van der Waals surface area contributed by atoms with Crippen molar-refractivity contribution in [2.45, 2.75) is 44.8 Å². The number of carbonyl (C=O) groups excluding carboxylic acids is 1. The number of ether oxygens (including phenoxy) is 2. The molecule has 0 unspecified atom stereocenters. The van der Waals surface area contributed by atoms with Crippen LogP contribution in [0.2, 0.25) is 0 Å². The number of benzene rings is 2. The van der Waals surface area contributed by atoms with Gasteiger partial charge in [0.15, 0.2) is 0 Å². The summed E-state index contributed by atoms with van der Waals surface area (Å²) in [7, 11) is 0. The minimum absolute atomic E-state index is 0.0445. The maximum absolute atomic E-state index is 12.4. The van der Waals surface area contributed by atoms with Crippen LogP contribution < -0.4 is 5.32 Å². The highest BCUT2D eigenvalue weighted by atomic mass is 16.5. The molecular formula is C23H27NO5.